The zero-order valence-corrected chi connectivity index (χ0v) is 5.63. The van der Waals surface area contributed by atoms with E-state index in [2.05, 4.69) is 5.64 Å². The van der Waals surface area contributed by atoms with Crippen LogP contribution in [0.2, 0.25) is 0 Å². The van der Waals surface area contributed by atoms with Crippen molar-refractivity contribution in [1.82, 2.24) is 5.64 Å². The molecule has 1 aliphatic rings. The summed E-state index contributed by atoms with van der Waals surface area (Å²) in [5, 5.41) is 0. The van der Waals surface area contributed by atoms with Gasteiger partial charge in [-0.2, -0.15) is 0 Å². The maximum Gasteiger partial charge on any atom is 0.196 e. The summed E-state index contributed by atoms with van der Waals surface area (Å²) < 4.78 is 12.1. The van der Waals surface area contributed by atoms with Gasteiger partial charge in [0.05, 0.1) is 0 Å². The van der Waals surface area contributed by atoms with Crippen LogP contribution in [0.15, 0.2) is 18.2 Å². The van der Waals surface area contributed by atoms with Crippen LogP contribution in [-0.4, -0.2) is 0 Å². The van der Waals surface area contributed by atoms with Crippen molar-refractivity contribution in [2.45, 2.75) is 6.67 Å². The molecular formula is C7H6FNO2. The Morgan fingerprint density at radius 2 is 2.09 bits per heavy atom. The van der Waals surface area contributed by atoms with Gasteiger partial charge in [0.25, 0.3) is 0 Å². The Morgan fingerprint density at radius 1 is 1.27 bits per heavy atom. The third-order valence-electron chi connectivity index (χ3n) is 1.47. The van der Waals surface area contributed by atoms with Crippen LogP contribution in [0.5, 0.6) is 11.5 Å². The molecule has 0 atom stereocenters. The molecule has 4 heteroatoms. The molecule has 1 aromatic carbocycles. The molecule has 1 aliphatic heterocycles. The maximum absolute atomic E-state index is 12.1. The molecule has 1 heterocycles. The number of benzene rings is 1. The molecule has 2 rings (SSSR count). The van der Waals surface area contributed by atoms with E-state index in [9.17, 15) is 4.39 Å². The third kappa shape index (κ3) is 1.01. The normalized spacial score (nSPS) is 13.5. The number of hydrogen-bond donors (Lipinski definition) is 1. The Balaban J connectivity index is 2.41. The van der Waals surface area contributed by atoms with Crippen LogP contribution in [0.4, 0.5) is 4.39 Å². The monoisotopic (exact) mass is 155 g/mol. The minimum atomic E-state index is -0.489. The SMILES string of the molecule is FCc1ccc2c(c1)ONO2. The quantitative estimate of drug-likeness (QED) is 0.663. The van der Waals surface area contributed by atoms with Gasteiger partial charge in [-0.1, -0.05) is 6.07 Å². The highest BCUT2D eigenvalue weighted by Crippen LogP contribution is 2.30. The zero-order valence-electron chi connectivity index (χ0n) is 5.63. The predicted octanol–water partition coefficient (Wildman–Crippen LogP) is 1.35. The molecule has 0 unspecified atom stereocenters. The van der Waals surface area contributed by atoms with Gasteiger partial charge in [0.15, 0.2) is 11.5 Å². The van der Waals surface area contributed by atoms with E-state index in [1.807, 2.05) is 0 Å². The van der Waals surface area contributed by atoms with Gasteiger partial charge in [-0.3, -0.25) is 0 Å². The van der Waals surface area contributed by atoms with E-state index in [4.69, 9.17) is 9.68 Å². The Morgan fingerprint density at radius 3 is 2.91 bits per heavy atom. The average Bonchev–Trinajstić information content (AvgIpc) is 2.50. The van der Waals surface area contributed by atoms with Crippen molar-refractivity contribution in [3.8, 4) is 11.5 Å². The lowest BCUT2D eigenvalue weighted by Gasteiger charge is -1.94. The molecular weight excluding hydrogens is 149 g/mol. The van der Waals surface area contributed by atoms with Crippen LogP contribution < -0.4 is 15.3 Å². The minimum absolute atomic E-state index is 0.489. The second-order valence-electron chi connectivity index (χ2n) is 2.20. The Kier molecular flexibility index (Phi) is 1.40. The van der Waals surface area contributed by atoms with Crippen molar-refractivity contribution in [2.24, 2.45) is 0 Å². The molecule has 58 valence electrons. The number of fused-ring (bicyclic) bond motifs is 1. The van der Waals surface area contributed by atoms with E-state index in [0.29, 0.717) is 17.1 Å². The highest BCUT2D eigenvalue weighted by molar-refractivity contribution is 5.43. The summed E-state index contributed by atoms with van der Waals surface area (Å²) in [6, 6.07) is 4.90. The van der Waals surface area contributed by atoms with Crippen LogP contribution >= 0.6 is 0 Å². The summed E-state index contributed by atoms with van der Waals surface area (Å²) >= 11 is 0. The summed E-state index contributed by atoms with van der Waals surface area (Å²) in [4.78, 5) is 9.61. The molecule has 0 saturated heterocycles. The minimum Gasteiger partial charge on any atom is -0.370 e. The molecule has 0 aromatic heterocycles. The number of hydrogen-bond acceptors (Lipinski definition) is 3. The van der Waals surface area contributed by atoms with Gasteiger partial charge in [-0.05, 0) is 17.7 Å². The highest BCUT2D eigenvalue weighted by Gasteiger charge is 2.13. The number of alkyl halides is 1. The van der Waals surface area contributed by atoms with E-state index >= 15 is 0 Å². The molecule has 11 heavy (non-hydrogen) atoms. The Hall–Kier alpha value is -1.29. The van der Waals surface area contributed by atoms with Crippen molar-refractivity contribution in [3.63, 3.8) is 0 Å². The van der Waals surface area contributed by atoms with Crippen molar-refractivity contribution in [2.75, 3.05) is 0 Å². The lowest BCUT2D eigenvalue weighted by Crippen LogP contribution is -2.14. The second kappa shape index (κ2) is 2.39. The third-order valence-corrected chi connectivity index (χ3v) is 1.47. The lowest BCUT2D eigenvalue weighted by atomic mass is 10.2. The van der Waals surface area contributed by atoms with E-state index in [1.165, 1.54) is 0 Å². The zero-order chi connectivity index (χ0) is 7.68. The number of rotatable bonds is 1. The number of halogens is 1. The molecule has 1 aromatic rings. The topological polar surface area (TPSA) is 30.5 Å². The molecule has 0 fully saturated rings. The highest BCUT2D eigenvalue weighted by atomic mass is 19.1. The number of nitrogens with one attached hydrogen (secondary N) is 1. The first kappa shape index (κ1) is 6.42. The molecule has 0 aliphatic carbocycles. The van der Waals surface area contributed by atoms with Crippen LogP contribution in [0.1, 0.15) is 5.56 Å². The van der Waals surface area contributed by atoms with Crippen molar-refractivity contribution >= 4 is 0 Å². The van der Waals surface area contributed by atoms with Gasteiger partial charge >= 0.3 is 0 Å². The van der Waals surface area contributed by atoms with Crippen molar-refractivity contribution in [3.05, 3.63) is 23.8 Å². The summed E-state index contributed by atoms with van der Waals surface area (Å²) in [5.74, 6) is 1.11. The first-order valence-corrected chi connectivity index (χ1v) is 3.18. The van der Waals surface area contributed by atoms with Crippen molar-refractivity contribution in [1.29, 1.82) is 0 Å². The summed E-state index contributed by atoms with van der Waals surface area (Å²) in [7, 11) is 0. The smallest absolute Gasteiger partial charge is 0.196 e. The fourth-order valence-corrected chi connectivity index (χ4v) is 0.910. The van der Waals surface area contributed by atoms with Gasteiger partial charge in [0, 0.05) is 5.64 Å². The van der Waals surface area contributed by atoms with Crippen LogP contribution in [0.3, 0.4) is 0 Å². The predicted molar refractivity (Wildman–Crippen MR) is 35.6 cm³/mol. The van der Waals surface area contributed by atoms with E-state index < -0.39 is 6.67 Å². The van der Waals surface area contributed by atoms with Gasteiger partial charge in [-0.25, -0.2) is 4.39 Å². The first-order valence-electron chi connectivity index (χ1n) is 3.18. The molecule has 0 saturated carbocycles. The van der Waals surface area contributed by atoms with Crippen molar-refractivity contribution < 1.29 is 14.1 Å². The van der Waals surface area contributed by atoms with E-state index in [1.54, 1.807) is 18.2 Å². The van der Waals surface area contributed by atoms with E-state index in [0.717, 1.165) is 0 Å². The summed E-state index contributed by atoms with van der Waals surface area (Å²) in [6.07, 6.45) is 0. The Labute approximate surface area is 62.6 Å². The molecule has 0 amide bonds. The molecule has 0 radical (unpaired) electrons. The maximum atomic E-state index is 12.1. The molecule has 0 spiro atoms. The van der Waals surface area contributed by atoms with Crippen LogP contribution in [0.25, 0.3) is 0 Å². The van der Waals surface area contributed by atoms with Gasteiger partial charge in [0.2, 0.25) is 0 Å². The molecule has 1 N–H and O–H groups in total. The lowest BCUT2D eigenvalue weighted by molar-refractivity contribution is 0.0259. The molecule has 0 bridgehead atoms. The fourth-order valence-electron chi connectivity index (χ4n) is 0.910. The van der Waals surface area contributed by atoms with Gasteiger partial charge in [0.1, 0.15) is 6.67 Å². The molecule has 3 nitrogen and oxygen atoms in total. The van der Waals surface area contributed by atoms with Gasteiger partial charge in [-0.15, -0.1) is 0 Å². The second-order valence-corrected chi connectivity index (χ2v) is 2.20. The van der Waals surface area contributed by atoms with Crippen LogP contribution in [-0.2, 0) is 6.67 Å². The summed E-state index contributed by atoms with van der Waals surface area (Å²) in [6.45, 7) is -0.489. The first-order chi connectivity index (χ1) is 5.40. The average molecular weight is 155 g/mol. The summed E-state index contributed by atoms with van der Waals surface area (Å²) in [5.41, 5.74) is 2.80. The van der Waals surface area contributed by atoms with Gasteiger partial charge < -0.3 is 9.68 Å². The van der Waals surface area contributed by atoms with E-state index in [-0.39, 0.29) is 0 Å². The van der Waals surface area contributed by atoms with Crippen LogP contribution in [0, 0.1) is 0 Å². The largest absolute Gasteiger partial charge is 0.370 e. The standard InChI is InChI=1S/C7H6FNO2/c8-4-5-1-2-6-7(3-5)11-9-10-6/h1-3,9H,4H2. The fraction of sp³-hybridized carbons (Fsp3) is 0.143. The Bertz CT molecular complexity index is 277.